The van der Waals surface area contributed by atoms with Gasteiger partial charge in [0.2, 0.25) is 0 Å². The van der Waals surface area contributed by atoms with E-state index in [1.54, 1.807) is 18.2 Å². The topological polar surface area (TPSA) is 66.8 Å². The predicted molar refractivity (Wildman–Crippen MR) is 69.1 cm³/mol. The molecule has 0 bridgehead atoms. The second-order valence-corrected chi connectivity index (χ2v) is 4.09. The molecule has 1 atom stereocenters. The van der Waals surface area contributed by atoms with Gasteiger partial charge in [0.25, 0.3) is 0 Å². The molecule has 4 heteroatoms. The Labute approximate surface area is 107 Å². The van der Waals surface area contributed by atoms with E-state index >= 15 is 0 Å². The number of aromatic hydroxyl groups is 1. The van der Waals surface area contributed by atoms with Gasteiger partial charge in [-0.15, -0.1) is 6.58 Å². The molecule has 0 aliphatic heterocycles. The van der Waals surface area contributed by atoms with E-state index in [-0.39, 0.29) is 18.1 Å². The number of phenolic OH excluding ortho intramolecular Hbond substituents is 1. The number of methoxy groups -OCH3 is 1. The van der Waals surface area contributed by atoms with Crippen LogP contribution in [0.5, 0.6) is 11.5 Å². The van der Waals surface area contributed by atoms with Crippen LogP contribution in [-0.4, -0.2) is 23.3 Å². The largest absolute Gasteiger partial charge is 0.508 e. The number of hydrogen-bond acceptors (Lipinski definition) is 3. The normalized spacial score (nSPS) is 11.8. The van der Waals surface area contributed by atoms with E-state index in [1.807, 2.05) is 0 Å². The van der Waals surface area contributed by atoms with Crippen molar-refractivity contribution in [3.8, 4) is 11.5 Å². The van der Waals surface area contributed by atoms with E-state index in [0.29, 0.717) is 24.2 Å². The molecule has 0 aromatic heterocycles. The summed E-state index contributed by atoms with van der Waals surface area (Å²) in [4.78, 5) is 10.9. The van der Waals surface area contributed by atoms with Gasteiger partial charge in [-0.3, -0.25) is 4.79 Å². The van der Waals surface area contributed by atoms with E-state index in [4.69, 9.17) is 9.84 Å². The molecule has 0 saturated heterocycles. The summed E-state index contributed by atoms with van der Waals surface area (Å²) < 4.78 is 5.09. The number of phenols is 1. The molecular weight excluding hydrogens is 232 g/mol. The van der Waals surface area contributed by atoms with Crippen molar-refractivity contribution in [1.29, 1.82) is 0 Å². The Balaban J connectivity index is 3.01. The van der Waals surface area contributed by atoms with Crippen molar-refractivity contribution >= 4 is 5.97 Å². The minimum Gasteiger partial charge on any atom is -0.508 e. The third-order valence-electron chi connectivity index (χ3n) is 2.81. The highest BCUT2D eigenvalue weighted by Crippen LogP contribution is 2.34. The third kappa shape index (κ3) is 3.80. The van der Waals surface area contributed by atoms with Crippen LogP contribution in [0.2, 0.25) is 0 Å². The molecule has 0 radical (unpaired) electrons. The van der Waals surface area contributed by atoms with Crippen molar-refractivity contribution in [2.24, 2.45) is 0 Å². The van der Waals surface area contributed by atoms with E-state index in [9.17, 15) is 9.90 Å². The fourth-order valence-electron chi connectivity index (χ4n) is 1.88. The average molecular weight is 250 g/mol. The van der Waals surface area contributed by atoms with E-state index in [0.717, 1.165) is 0 Å². The second kappa shape index (κ2) is 6.69. The quantitative estimate of drug-likeness (QED) is 0.730. The first-order chi connectivity index (χ1) is 8.58. The van der Waals surface area contributed by atoms with Crippen molar-refractivity contribution in [2.75, 3.05) is 7.11 Å². The monoisotopic (exact) mass is 250 g/mol. The summed E-state index contributed by atoms with van der Waals surface area (Å²) in [5.41, 5.74) is 0.610. The Morgan fingerprint density at radius 3 is 2.83 bits per heavy atom. The minimum absolute atomic E-state index is 0.0193. The molecular formula is C14H18O4. The first kappa shape index (κ1) is 14.1. The van der Waals surface area contributed by atoms with Gasteiger partial charge in [0.1, 0.15) is 11.5 Å². The van der Waals surface area contributed by atoms with Gasteiger partial charge in [-0.05, 0) is 37.0 Å². The zero-order chi connectivity index (χ0) is 13.5. The lowest BCUT2D eigenvalue weighted by Crippen LogP contribution is -2.07. The van der Waals surface area contributed by atoms with Crippen LogP contribution in [0.15, 0.2) is 30.9 Å². The molecule has 1 unspecified atom stereocenters. The van der Waals surface area contributed by atoms with Crippen molar-refractivity contribution < 1.29 is 19.7 Å². The molecule has 1 aromatic rings. The Bertz CT molecular complexity index is 426. The first-order valence-corrected chi connectivity index (χ1v) is 5.78. The molecule has 0 saturated carbocycles. The molecule has 1 aromatic carbocycles. The molecule has 0 aliphatic rings. The highest BCUT2D eigenvalue weighted by Gasteiger charge is 2.19. The summed E-state index contributed by atoms with van der Waals surface area (Å²) in [6.07, 6.45) is 3.06. The van der Waals surface area contributed by atoms with Crippen molar-refractivity contribution in [3.63, 3.8) is 0 Å². The summed E-state index contributed by atoms with van der Waals surface area (Å²) in [5.74, 6) is -0.412. The Morgan fingerprint density at radius 1 is 1.56 bits per heavy atom. The SMILES string of the molecule is C=CCCC(CC(=O)O)c1cc(OC)ccc1O. The molecule has 0 fully saturated rings. The van der Waals surface area contributed by atoms with E-state index in [2.05, 4.69) is 6.58 Å². The van der Waals surface area contributed by atoms with E-state index < -0.39 is 5.97 Å². The van der Waals surface area contributed by atoms with Gasteiger partial charge in [0.05, 0.1) is 13.5 Å². The van der Waals surface area contributed by atoms with Gasteiger partial charge < -0.3 is 14.9 Å². The number of carboxylic acid groups (broad SMARTS) is 1. The molecule has 98 valence electrons. The number of carboxylic acids is 1. The number of ether oxygens (including phenoxy) is 1. The van der Waals surface area contributed by atoms with Gasteiger partial charge in [0, 0.05) is 5.56 Å². The summed E-state index contributed by atoms with van der Waals surface area (Å²) in [6.45, 7) is 3.63. The number of aliphatic carboxylic acids is 1. The van der Waals surface area contributed by atoms with Gasteiger partial charge in [-0.1, -0.05) is 6.08 Å². The number of allylic oxidation sites excluding steroid dienone is 1. The molecule has 0 heterocycles. The zero-order valence-corrected chi connectivity index (χ0v) is 10.4. The standard InChI is InChI=1S/C14H18O4/c1-3-4-5-10(8-14(16)17)12-9-11(18-2)6-7-13(12)15/h3,6-7,9-10,15H,1,4-5,8H2,2H3,(H,16,17). The zero-order valence-electron chi connectivity index (χ0n) is 10.4. The van der Waals surface area contributed by atoms with Crippen LogP contribution in [0.4, 0.5) is 0 Å². The maximum absolute atomic E-state index is 10.9. The number of rotatable bonds is 7. The second-order valence-electron chi connectivity index (χ2n) is 4.09. The lowest BCUT2D eigenvalue weighted by molar-refractivity contribution is -0.137. The summed E-state index contributed by atoms with van der Waals surface area (Å²) in [7, 11) is 1.53. The summed E-state index contributed by atoms with van der Waals surface area (Å²) >= 11 is 0. The van der Waals surface area contributed by atoms with Gasteiger partial charge in [-0.2, -0.15) is 0 Å². The lowest BCUT2D eigenvalue weighted by atomic mass is 9.90. The van der Waals surface area contributed by atoms with Crippen LogP contribution in [-0.2, 0) is 4.79 Å². The molecule has 18 heavy (non-hydrogen) atoms. The smallest absolute Gasteiger partial charge is 0.303 e. The van der Waals surface area contributed by atoms with Crippen molar-refractivity contribution in [3.05, 3.63) is 36.4 Å². The Morgan fingerprint density at radius 2 is 2.28 bits per heavy atom. The van der Waals surface area contributed by atoms with Crippen LogP contribution < -0.4 is 4.74 Å². The van der Waals surface area contributed by atoms with Crippen molar-refractivity contribution in [1.82, 2.24) is 0 Å². The van der Waals surface area contributed by atoms with Crippen LogP contribution >= 0.6 is 0 Å². The molecule has 0 aliphatic carbocycles. The maximum Gasteiger partial charge on any atom is 0.303 e. The summed E-state index contributed by atoms with van der Waals surface area (Å²) in [6, 6.07) is 4.85. The maximum atomic E-state index is 10.9. The average Bonchev–Trinajstić information content (AvgIpc) is 2.35. The fourth-order valence-corrected chi connectivity index (χ4v) is 1.88. The highest BCUT2D eigenvalue weighted by molar-refractivity contribution is 5.68. The molecule has 4 nitrogen and oxygen atoms in total. The third-order valence-corrected chi connectivity index (χ3v) is 2.81. The summed E-state index contributed by atoms with van der Waals surface area (Å²) in [5, 5.41) is 18.8. The number of hydrogen-bond donors (Lipinski definition) is 2. The first-order valence-electron chi connectivity index (χ1n) is 5.78. The highest BCUT2D eigenvalue weighted by atomic mass is 16.5. The lowest BCUT2D eigenvalue weighted by Gasteiger charge is -2.16. The Hall–Kier alpha value is -1.97. The van der Waals surface area contributed by atoms with Crippen LogP contribution in [0.3, 0.4) is 0 Å². The van der Waals surface area contributed by atoms with Gasteiger partial charge in [0.15, 0.2) is 0 Å². The predicted octanol–water partition coefficient (Wildman–Crippen LogP) is 2.93. The fraction of sp³-hybridized carbons (Fsp3) is 0.357. The molecule has 0 spiro atoms. The van der Waals surface area contributed by atoms with Crippen LogP contribution in [0.1, 0.15) is 30.7 Å². The van der Waals surface area contributed by atoms with Crippen LogP contribution in [0, 0.1) is 0 Å². The molecule has 0 amide bonds. The van der Waals surface area contributed by atoms with Crippen LogP contribution in [0.25, 0.3) is 0 Å². The molecule has 2 N–H and O–H groups in total. The number of carbonyl (C=O) groups is 1. The minimum atomic E-state index is -0.883. The number of benzene rings is 1. The molecule has 1 rings (SSSR count). The van der Waals surface area contributed by atoms with Gasteiger partial charge >= 0.3 is 5.97 Å². The Kier molecular flexibility index (Phi) is 5.24. The van der Waals surface area contributed by atoms with Crippen molar-refractivity contribution in [2.45, 2.75) is 25.2 Å². The van der Waals surface area contributed by atoms with Gasteiger partial charge in [-0.25, -0.2) is 0 Å². The van der Waals surface area contributed by atoms with E-state index in [1.165, 1.54) is 13.2 Å².